The number of nitrogens with one attached hydrogen (secondary N) is 2. The summed E-state index contributed by atoms with van der Waals surface area (Å²) in [6.07, 6.45) is 0.173. The van der Waals surface area contributed by atoms with Crippen LogP contribution in [0.15, 0.2) is 18.2 Å². The van der Waals surface area contributed by atoms with Crippen molar-refractivity contribution in [3.05, 3.63) is 28.8 Å². The van der Waals surface area contributed by atoms with Crippen LogP contribution in [0.3, 0.4) is 0 Å². The lowest BCUT2D eigenvalue weighted by atomic mass is 9.93. The Kier molecular flexibility index (Phi) is 6.02. The number of amides is 2. The smallest absolute Gasteiger partial charge is 0.305 e. The van der Waals surface area contributed by atoms with Gasteiger partial charge in [0.15, 0.2) is 0 Å². The van der Waals surface area contributed by atoms with Gasteiger partial charge in [0, 0.05) is 18.2 Å². The zero-order valence-corrected chi connectivity index (χ0v) is 14.9. The number of carboxylic acid groups (broad SMARTS) is 1. The molecule has 1 aliphatic heterocycles. The summed E-state index contributed by atoms with van der Waals surface area (Å²) in [4.78, 5) is 35.5. The topological polar surface area (TPSA) is 105 Å². The quantitative estimate of drug-likeness (QED) is 0.714. The number of rotatable bonds is 6. The Morgan fingerprint density at radius 3 is 2.64 bits per heavy atom. The molecule has 0 bridgehead atoms. The van der Waals surface area contributed by atoms with Gasteiger partial charge in [-0.15, -0.1) is 0 Å². The van der Waals surface area contributed by atoms with E-state index in [2.05, 4.69) is 10.6 Å². The van der Waals surface area contributed by atoms with Crippen molar-refractivity contribution in [3.63, 3.8) is 0 Å². The van der Waals surface area contributed by atoms with Gasteiger partial charge < -0.3 is 20.5 Å². The van der Waals surface area contributed by atoms with Crippen LogP contribution in [-0.4, -0.2) is 41.6 Å². The Balaban J connectivity index is 2.20. The first-order valence-corrected chi connectivity index (χ1v) is 8.33. The van der Waals surface area contributed by atoms with Crippen molar-refractivity contribution < 1.29 is 24.2 Å². The predicted molar refractivity (Wildman–Crippen MR) is 92.8 cm³/mol. The second kappa shape index (κ2) is 7.84. The molecule has 2 rings (SSSR count). The summed E-state index contributed by atoms with van der Waals surface area (Å²) in [6.45, 7) is 4.03. The Morgan fingerprint density at radius 1 is 1.36 bits per heavy atom. The van der Waals surface area contributed by atoms with Crippen molar-refractivity contribution >= 4 is 35.1 Å². The molecule has 2 amide bonds. The molecule has 7 nitrogen and oxygen atoms in total. The predicted octanol–water partition coefficient (Wildman–Crippen LogP) is 2.30. The van der Waals surface area contributed by atoms with Crippen LogP contribution in [0.1, 0.15) is 37.0 Å². The monoisotopic (exact) mass is 368 g/mol. The molecule has 1 heterocycles. The highest BCUT2D eigenvalue weighted by Crippen LogP contribution is 2.26. The fraction of sp³-hybridized carbons (Fsp3) is 0.471. The zero-order valence-electron chi connectivity index (χ0n) is 14.1. The molecule has 1 atom stereocenters. The molecule has 1 unspecified atom stereocenters. The highest BCUT2D eigenvalue weighted by atomic mass is 35.5. The third-order valence-electron chi connectivity index (χ3n) is 3.97. The maximum Gasteiger partial charge on any atom is 0.305 e. The number of carbonyl (C=O) groups excluding carboxylic acids is 2. The van der Waals surface area contributed by atoms with Gasteiger partial charge in [-0.25, -0.2) is 0 Å². The molecular formula is C17H21ClN2O5. The first-order valence-electron chi connectivity index (χ1n) is 7.95. The molecule has 0 aromatic heterocycles. The normalized spacial score (nSPS) is 19.7. The summed E-state index contributed by atoms with van der Waals surface area (Å²) in [5, 5.41) is 14.7. The molecule has 0 radical (unpaired) electrons. The second-order valence-electron chi connectivity index (χ2n) is 6.45. The first-order chi connectivity index (χ1) is 11.7. The number of carbonyl (C=O) groups is 3. The van der Waals surface area contributed by atoms with E-state index in [-0.39, 0.29) is 35.4 Å². The van der Waals surface area contributed by atoms with Crippen LogP contribution in [0.5, 0.6) is 0 Å². The maximum atomic E-state index is 12.6. The second-order valence-corrected chi connectivity index (χ2v) is 6.85. The van der Waals surface area contributed by atoms with Crippen LogP contribution in [0.25, 0.3) is 0 Å². The lowest BCUT2D eigenvalue weighted by molar-refractivity contribution is -0.138. The SMILES string of the molecule is CC(C)C(=O)Nc1ccc(Cl)c(C(=O)NC2(CC(=O)O)CCOC2)c1. The fourth-order valence-corrected chi connectivity index (χ4v) is 2.75. The lowest BCUT2D eigenvalue weighted by Gasteiger charge is -2.27. The Morgan fingerprint density at radius 2 is 2.08 bits per heavy atom. The summed E-state index contributed by atoms with van der Waals surface area (Å²) >= 11 is 6.11. The van der Waals surface area contributed by atoms with Crippen molar-refractivity contribution in [2.75, 3.05) is 18.5 Å². The van der Waals surface area contributed by atoms with Crippen LogP contribution in [0.2, 0.25) is 5.02 Å². The van der Waals surface area contributed by atoms with Crippen molar-refractivity contribution in [2.24, 2.45) is 5.92 Å². The molecule has 1 aliphatic rings. The number of ether oxygens (including phenoxy) is 1. The number of benzene rings is 1. The van der Waals surface area contributed by atoms with Gasteiger partial charge in [0.1, 0.15) is 0 Å². The minimum atomic E-state index is -1.02. The van der Waals surface area contributed by atoms with Gasteiger partial charge in [-0.05, 0) is 24.6 Å². The minimum Gasteiger partial charge on any atom is -0.481 e. The molecule has 8 heteroatoms. The molecular weight excluding hydrogens is 348 g/mol. The van der Waals surface area contributed by atoms with Gasteiger partial charge >= 0.3 is 5.97 Å². The first kappa shape index (κ1) is 19.2. The van der Waals surface area contributed by atoms with Gasteiger partial charge in [-0.2, -0.15) is 0 Å². The van der Waals surface area contributed by atoms with E-state index in [1.54, 1.807) is 19.9 Å². The van der Waals surface area contributed by atoms with Crippen molar-refractivity contribution in [2.45, 2.75) is 32.2 Å². The lowest BCUT2D eigenvalue weighted by Crippen LogP contribution is -2.50. The molecule has 136 valence electrons. The van der Waals surface area contributed by atoms with Gasteiger partial charge in [-0.3, -0.25) is 14.4 Å². The Labute approximate surface area is 150 Å². The van der Waals surface area contributed by atoms with Crippen LogP contribution < -0.4 is 10.6 Å². The van der Waals surface area contributed by atoms with Crippen molar-refractivity contribution in [1.29, 1.82) is 0 Å². The molecule has 1 fully saturated rings. The fourth-order valence-electron chi connectivity index (χ4n) is 2.55. The standard InChI is InChI=1S/C17H21ClN2O5/c1-10(2)15(23)19-11-3-4-13(18)12(7-11)16(24)20-17(8-14(21)22)5-6-25-9-17/h3-4,7,10H,5-6,8-9H2,1-2H3,(H,19,23)(H,20,24)(H,21,22). The van der Waals surface area contributed by atoms with Crippen molar-refractivity contribution in [1.82, 2.24) is 5.32 Å². The Bertz CT molecular complexity index is 684. The molecule has 1 aromatic rings. The van der Waals surface area contributed by atoms with E-state index in [0.29, 0.717) is 18.7 Å². The van der Waals surface area contributed by atoms with Crippen LogP contribution in [0.4, 0.5) is 5.69 Å². The average Bonchev–Trinajstić information content (AvgIpc) is 2.95. The third kappa shape index (κ3) is 4.93. The maximum absolute atomic E-state index is 12.6. The van der Waals surface area contributed by atoms with E-state index in [4.69, 9.17) is 21.4 Å². The summed E-state index contributed by atoms with van der Waals surface area (Å²) in [6, 6.07) is 4.59. The van der Waals surface area contributed by atoms with Crippen LogP contribution in [-0.2, 0) is 14.3 Å². The molecule has 25 heavy (non-hydrogen) atoms. The van der Waals surface area contributed by atoms with E-state index in [9.17, 15) is 14.4 Å². The summed E-state index contributed by atoms with van der Waals surface area (Å²) < 4.78 is 5.26. The third-order valence-corrected chi connectivity index (χ3v) is 4.30. The van der Waals surface area contributed by atoms with E-state index in [1.807, 2.05) is 0 Å². The summed E-state index contributed by atoms with van der Waals surface area (Å²) in [5.74, 6) is -1.91. The highest BCUT2D eigenvalue weighted by molar-refractivity contribution is 6.34. The minimum absolute atomic E-state index is 0.131. The summed E-state index contributed by atoms with van der Waals surface area (Å²) in [5.41, 5.74) is -0.341. The molecule has 3 N–H and O–H groups in total. The van der Waals surface area contributed by atoms with Gasteiger partial charge in [-0.1, -0.05) is 25.4 Å². The molecule has 1 aromatic carbocycles. The number of hydrogen-bond acceptors (Lipinski definition) is 4. The zero-order chi connectivity index (χ0) is 18.6. The number of halogens is 1. The summed E-state index contributed by atoms with van der Waals surface area (Å²) in [7, 11) is 0. The average molecular weight is 369 g/mol. The highest BCUT2D eigenvalue weighted by Gasteiger charge is 2.39. The van der Waals surface area contributed by atoms with Crippen LogP contribution in [0, 0.1) is 5.92 Å². The number of hydrogen-bond donors (Lipinski definition) is 3. The van der Waals surface area contributed by atoms with Crippen LogP contribution >= 0.6 is 11.6 Å². The largest absolute Gasteiger partial charge is 0.481 e. The van der Waals surface area contributed by atoms with E-state index < -0.39 is 17.4 Å². The number of aliphatic carboxylic acids is 1. The van der Waals surface area contributed by atoms with E-state index >= 15 is 0 Å². The number of carboxylic acids is 1. The Hall–Kier alpha value is -2.12. The molecule has 0 spiro atoms. The number of anilines is 1. The van der Waals surface area contributed by atoms with Gasteiger partial charge in [0.05, 0.1) is 29.2 Å². The van der Waals surface area contributed by atoms with Gasteiger partial charge in [0.2, 0.25) is 5.91 Å². The molecule has 0 saturated carbocycles. The van der Waals surface area contributed by atoms with E-state index in [0.717, 1.165) is 0 Å². The molecule has 0 aliphatic carbocycles. The molecule has 1 saturated heterocycles. The van der Waals surface area contributed by atoms with Gasteiger partial charge in [0.25, 0.3) is 5.91 Å². The van der Waals surface area contributed by atoms with Crippen molar-refractivity contribution in [3.8, 4) is 0 Å². The van der Waals surface area contributed by atoms with E-state index in [1.165, 1.54) is 12.1 Å².